The lowest BCUT2D eigenvalue weighted by atomic mass is 10.1. The first-order valence-corrected chi connectivity index (χ1v) is 6.66. The predicted molar refractivity (Wildman–Crippen MR) is 63.3 cm³/mol. The molecular formula is C12H6F16O3. The van der Waals surface area contributed by atoms with Crippen molar-refractivity contribution in [1.29, 1.82) is 0 Å². The van der Waals surface area contributed by atoms with E-state index in [0.29, 0.717) is 0 Å². The smallest absolute Gasteiger partial charge is 0.426 e. The molecule has 31 heavy (non-hydrogen) atoms. The summed E-state index contributed by atoms with van der Waals surface area (Å²) in [5.41, 5.74) is 0. The fraction of sp³-hybridized carbons (Fsp3) is 0.667. The predicted octanol–water partition coefficient (Wildman–Crippen LogP) is 6.24. The summed E-state index contributed by atoms with van der Waals surface area (Å²) in [6.07, 6.45) is -21.7. The summed E-state index contributed by atoms with van der Waals surface area (Å²) >= 11 is 0. The van der Waals surface area contributed by atoms with Crippen molar-refractivity contribution in [2.24, 2.45) is 0 Å². The van der Waals surface area contributed by atoms with Gasteiger partial charge < -0.3 is 14.2 Å². The minimum absolute atomic E-state index is 0.381. The van der Waals surface area contributed by atoms with Crippen LogP contribution in [-0.2, 0) is 14.2 Å². The van der Waals surface area contributed by atoms with Crippen LogP contribution in [0.25, 0.3) is 0 Å². The van der Waals surface area contributed by atoms with Crippen LogP contribution in [0.5, 0.6) is 0 Å². The molecule has 0 bridgehead atoms. The second-order valence-corrected chi connectivity index (χ2v) is 5.02. The van der Waals surface area contributed by atoms with Crippen LogP contribution in [0.1, 0.15) is 0 Å². The molecule has 0 spiro atoms. The van der Waals surface area contributed by atoms with Crippen molar-refractivity contribution in [3.8, 4) is 0 Å². The van der Waals surface area contributed by atoms with Crippen molar-refractivity contribution in [3.05, 3.63) is 23.7 Å². The third kappa shape index (κ3) is 4.65. The van der Waals surface area contributed by atoms with Crippen LogP contribution in [0.2, 0.25) is 0 Å². The lowest BCUT2D eigenvalue weighted by molar-refractivity contribution is -0.394. The summed E-state index contributed by atoms with van der Waals surface area (Å²) in [5, 5.41) is 0. The molecular weight excluding hydrogens is 496 g/mol. The molecule has 0 aromatic rings. The number of ether oxygens (including phenoxy) is 3. The highest BCUT2D eigenvalue weighted by Crippen LogP contribution is 2.54. The second kappa shape index (κ2) is 8.55. The van der Waals surface area contributed by atoms with E-state index < -0.39 is 59.6 Å². The minimum atomic E-state index is -7.21. The van der Waals surface area contributed by atoms with E-state index in [-0.39, 0.29) is 14.2 Å². The van der Waals surface area contributed by atoms with Crippen LogP contribution < -0.4 is 0 Å². The lowest BCUT2D eigenvalue weighted by Crippen LogP contribution is -2.58. The van der Waals surface area contributed by atoms with Gasteiger partial charge in [-0.2, -0.15) is 70.2 Å². The van der Waals surface area contributed by atoms with Gasteiger partial charge in [0.05, 0.1) is 0 Å². The highest BCUT2D eigenvalue weighted by Gasteiger charge is 2.79. The fourth-order valence-corrected chi connectivity index (χ4v) is 1.45. The molecule has 0 aromatic carbocycles. The minimum Gasteiger partial charge on any atom is -0.442 e. The molecule has 0 aliphatic rings. The van der Waals surface area contributed by atoms with Gasteiger partial charge in [0.15, 0.2) is 0 Å². The number of rotatable bonds is 10. The van der Waals surface area contributed by atoms with Gasteiger partial charge in [-0.05, 0) is 0 Å². The topological polar surface area (TPSA) is 27.7 Å². The van der Waals surface area contributed by atoms with Gasteiger partial charge in [0.2, 0.25) is 11.5 Å². The largest absolute Gasteiger partial charge is 0.442 e. The van der Waals surface area contributed by atoms with E-state index in [2.05, 4.69) is 14.2 Å². The van der Waals surface area contributed by atoms with Gasteiger partial charge in [0, 0.05) is 14.2 Å². The van der Waals surface area contributed by atoms with Crippen LogP contribution in [0.3, 0.4) is 0 Å². The molecule has 0 aromatic heterocycles. The van der Waals surface area contributed by atoms with E-state index in [1.807, 2.05) is 0 Å². The van der Waals surface area contributed by atoms with Crippen molar-refractivity contribution < 1.29 is 84.5 Å². The number of alkyl halides is 12. The van der Waals surface area contributed by atoms with Gasteiger partial charge in [0.1, 0.15) is 0 Å². The van der Waals surface area contributed by atoms with Gasteiger partial charge in [-0.15, -0.1) is 0 Å². The van der Waals surface area contributed by atoms with E-state index in [1.165, 1.54) is 0 Å². The number of methoxy groups -OCH3 is 2. The molecule has 0 rings (SSSR count). The van der Waals surface area contributed by atoms with Gasteiger partial charge in [-0.25, -0.2) is 0 Å². The molecule has 0 atom stereocenters. The first-order valence-electron chi connectivity index (χ1n) is 6.66. The monoisotopic (exact) mass is 502 g/mol. The maximum Gasteiger partial charge on any atom is 0.426 e. The van der Waals surface area contributed by atoms with E-state index in [0.717, 1.165) is 0 Å². The molecule has 0 saturated heterocycles. The molecule has 0 saturated carbocycles. The van der Waals surface area contributed by atoms with E-state index >= 15 is 0 Å². The van der Waals surface area contributed by atoms with Crippen molar-refractivity contribution in [1.82, 2.24) is 0 Å². The number of allylic oxidation sites excluding steroid dienone is 2. The molecule has 0 aliphatic heterocycles. The number of hydrogen-bond acceptors (Lipinski definition) is 3. The van der Waals surface area contributed by atoms with Gasteiger partial charge in [-0.3, -0.25) is 0 Å². The Balaban J connectivity index is 6.75. The maximum absolute atomic E-state index is 13.6. The van der Waals surface area contributed by atoms with Gasteiger partial charge >= 0.3 is 48.1 Å². The Labute approximate surface area is 159 Å². The quantitative estimate of drug-likeness (QED) is 0.262. The molecule has 19 heteroatoms. The van der Waals surface area contributed by atoms with Crippen molar-refractivity contribution in [2.45, 2.75) is 35.9 Å². The SMILES string of the molecule is COC(F)(F)C(F)(F)C(F)(F)C(OC(=C(F)F)C(F)(F)C(F)(F)C(F)(F)OC)=C(F)F. The first-order chi connectivity index (χ1) is 13.5. The normalized spacial score (nSPS) is 14.4. The van der Waals surface area contributed by atoms with Crippen molar-refractivity contribution in [2.75, 3.05) is 14.2 Å². The number of halogens is 16. The Morgan fingerprint density at radius 1 is 0.484 bits per heavy atom. The Morgan fingerprint density at radius 3 is 0.871 bits per heavy atom. The Kier molecular flexibility index (Phi) is 8.02. The molecule has 0 aliphatic carbocycles. The third-order valence-corrected chi connectivity index (χ3v) is 3.15. The van der Waals surface area contributed by atoms with Crippen molar-refractivity contribution >= 4 is 0 Å². The molecule has 0 radical (unpaired) electrons. The van der Waals surface area contributed by atoms with Crippen molar-refractivity contribution in [3.63, 3.8) is 0 Å². The Hall–Kier alpha value is -1.92. The summed E-state index contributed by atoms with van der Waals surface area (Å²) in [6, 6.07) is 0. The molecule has 184 valence electrons. The van der Waals surface area contributed by atoms with Crippen LogP contribution in [0.15, 0.2) is 23.7 Å². The average Bonchev–Trinajstić information content (AvgIpc) is 2.60. The fourth-order valence-electron chi connectivity index (χ4n) is 1.45. The molecule has 0 amide bonds. The average molecular weight is 502 g/mol. The Bertz CT molecular complexity index is 657. The Morgan fingerprint density at radius 2 is 0.710 bits per heavy atom. The first kappa shape index (κ1) is 29.1. The third-order valence-electron chi connectivity index (χ3n) is 3.15. The number of hydrogen-bond donors (Lipinski definition) is 0. The standard InChI is InChI=1S/C12H6F16O3/c1-29-11(25,26)9(21,22)7(17,18)3(5(13)14)31-4(6(15)16)8(19,20)10(23,24)12(27,28)30-2/h1-2H3. The lowest BCUT2D eigenvalue weighted by Gasteiger charge is -2.34. The molecule has 3 nitrogen and oxygen atoms in total. The van der Waals surface area contributed by atoms with E-state index in [4.69, 9.17) is 0 Å². The zero-order valence-corrected chi connectivity index (χ0v) is 14.3. The summed E-state index contributed by atoms with van der Waals surface area (Å²) in [4.78, 5) is 0. The highest BCUT2D eigenvalue weighted by molar-refractivity contribution is 5.22. The maximum atomic E-state index is 13.6. The van der Waals surface area contributed by atoms with Gasteiger partial charge in [0.25, 0.3) is 0 Å². The zero-order valence-electron chi connectivity index (χ0n) is 14.3. The molecule has 0 fully saturated rings. The van der Waals surface area contributed by atoms with Crippen LogP contribution >= 0.6 is 0 Å². The zero-order chi connectivity index (χ0) is 25.4. The molecule has 0 N–H and O–H groups in total. The van der Waals surface area contributed by atoms with Crippen LogP contribution in [0.4, 0.5) is 70.2 Å². The van der Waals surface area contributed by atoms with E-state index in [9.17, 15) is 70.2 Å². The second-order valence-electron chi connectivity index (χ2n) is 5.02. The van der Waals surface area contributed by atoms with Gasteiger partial charge in [-0.1, -0.05) is 0 Å². The summed E-state index contributed by atoms with van der Waals surface area (Å²) < 4.78 is 217. The summed E-state index contributed by atoms with van der Waals surface area (Å²) in [5.74, 6) is -37.6. The highest BCUT2D eigenvalue weighted by atomic mass is 19.4. The molecule has 0 heterocycles. The van der Waals surface area contributed by atoms with E-state index in [1.54, 1.807) is 0 Å². The summed E-state index contributed by atoms with van der Waals surface area (Å²) in [7, 11) is -0.762. The molecule has 0 unspecified atom stereocenters. The van der Waals surface area contributed by atoms with Crippen LogP contribution in [0, 0.1) is 0 Å². The summed E-state index contributed by atoms with van der Waals surface area (Å²) in [6.45, 7) is 0. The van der Waals surface area contributed by atoms with Crippen LogP contribution in [-0.4, -0.2) is 50.1 Å².